The van der Waals surface area contributed by atoms with Crippen LogP contribution in [-0.4, -0.2) is 41.8 Å². The standard InChI is InChI=1S/C28H32N2O5/c31-26(30-25-12-6-5-11-23(25)27(32)33)17-13-14-18(15-17)29-28(34)35-16-24-21-9-3-1-7-19(21)20-8-2-4-10-22(20)24/h1-4,7-10,17-18,23-25H,5-6,11-16H2,(H,29,34)(H,30,31)(H,32,33)/t17-,18+,23?,25?/m0/s1. The number of ether oxygens (including phenoxy) is 1. The lowest BCUT2D eigenvalue weighted by atomic mass is 9.84. The number of carboxylic acid groups (broad SMARTS) is 1. The van der Waals surface area contributed by atoms with E-state index in [1.54, 1.807) is 0 Å². The van der Waals surface area contributed by atoms with Crippen molar-refractivity contribution < 1.29 is 24.2 Å². The number of amides is 2. The molecule has 0 heterocycles. The first-order chi connectivity index (χ1) is 17.0. The summed E-state index contributed by atoms with van der Waals surface area (Å²) in [5.41, 5.74) is 4.71. The number of hydrogen-bond donors (Lipinski definition) is 3. The molecule has 7 heteroatoms. The Morgan fingerprint density at radius 2 is 1.51 bits per heavy atom. The van der Waals surface area contributed by atoms with E-state index in [2.05, 4.69) is 34.9 Å². The summed E-state index contributed by atoms with van der Waals surface area (Å²) >= 11 is 0. The third-order valence-corrected chi connectivity index (χ3v) is 7.88. The van der Waals surface area contributed by atoms with E-state index in [0.29, 0.717) is 32.1 Å². The van der Waals surface area contributed by atoms with Crippen LogP contribution in [0.15, 0.2) is 48.5 Å². The first kappa shape index (κ1) is 23.4. The smallest absolute Gasteiger partial charge is 0.407 e. The van der Waals surface area contributed by atoms with Crippen molar-refractivity contribution in [3.63, 3.8) is 0 Å². The molecule has 2 amide bonds. The average Bonchev–Trinajstić information content (AvgIpc) is 3.46. The number of fused-ring (bicyclic) bond motifs is 3. The van der Waals surface area contributed by atoms with Crippen LogP contribution in [0.2, 0.25) is 0 Å². The molecular formula is C28H32N2O5. The molecule has 0 radical (unpaired) electrons. The maximum Gasteiger partial charge on any atom is 0.407 e. The number of hydrogen-bond acceptors (Lipinski definition) is 4. The SMILES string of the molecule is O=C(N[C@@H]1CC[C@H](C(=O)NC2CCCCC2C(=O)O)C1)OCC1c2ccccc2-c2ccccc21. The van der Waals surface area contributed by atoms with Crippen molar-refractivity contribution >= 4 is 18.0 Å². The van der Waals surface area contributed by atoms with Crippen LogP contribution in [0.1, 0.15) is 62.0 Å². The molecule has 2 fully saturated rings. The molecule has 2 unspecified atom stereocenters. The molecule has 0 aliphatic heterocycles. The minimum absolute atomic E-state index is 0.00734. The van der Waals surface area contributed by atoms with Crippen LogP contribution in [0.4, 0.5) is 4.79 Å². The molecular weight excluding hydrogens is 444 g/mol. The zero-order chi connectivity index (χ0) is 24.4. The van der Waals surface area contributed by atoms with Crippen molar-refractivity contribution in [1.29, 1.82) is 0 Å². The molecule has 2 saturated carbocycles. The van der Waals surface area contributed by atoms with Gasteiger partial charge in [-0.3, -0.25) is 9.59 Å². The summed E-state index contributed by atoms with van der Waals surface area (Å²) in [7, 11) is 0. The summed E-state index contributed by atoms with van der Waals surface area (Å²) in [6, 6.07) is 16.0. The Bertz CT molecular complexity index is 1070. The van der Waals surface area contributed by atoms with Crippen molar-refractivity contribution in [3.05, 3.63) is 59.7 Å². The zero-order valence-corrected chi connectivity index (χ0v) is 19.7. The second-order valence-corrected chi connectivity index (χ2v) is 10.0. The van der Waals surface area contributed by atoms with Gasteiger partial charge >= 0.3 is 12.1 Å². The summed E-state index contributed by atoms with van der Waals surface area (Å²) in [5, 5.41) is 15.4. The Morgan fingerprint density at radius 3 is 2.20 bits per heavy atom. The second kappa shape index (κ2) is 10.1. The largest absolute Gasteiger partial charge is 0.481 e. The molecule has 3 aliphatic rings. The maximum absolute atomic E-state index is 12.8. The van der Waals surface area contributed by atoms with Gasteiger partial charge in [-0.1, -0.05) is 61.4 Å². The lowest BCUT2D eigenvalue weighted by Crippen LogP contribution is -2.47. The Hall–Kier alpha value is -3.35. The highest BCUT2D eigenvalue weighted by molar-refractivity contribution is 5.81. The van der Waals surface area contributed by atoms with Crippen LogP contribution in [0.3, 0.4) is 0 Å². The molecule has 0 saturated heterocycles. The summed E-state index contributed by atoms with van der Waals surface area (Å²) < 4.78 is 5.64. The van der Waals surface area contributed by atoms with E-state index in [0.717, 1.165) is 12.8 Å². The molecule has 3 N–H and O–H groups in total. The van der Waals surface area contributed by atoms with Crippen molar-refractivity contribution in [2.24, 2.45) is 11.8 Å². The molecule has 0 spiro atoms. The van der Waals surface area contributed by atoms with E-state index >= 15 is 0 Å². The third kappa shape index (κ3) is 4.90. The van der Waals surface area contributed by atoms with Crippen molar-refractivity contribution in [1.82, 2.24) is 10.6 Å². The Balaban J connectivity index is 1.12. The summed E-state index contributed by atoms with van der Waals surface area (Å²) in [6.07, 6.45) is 4.59. The molecule has 35 heavy (non-hydrogen) atoms. The van der Waals surface area contributed by atoms with Crippen LogP contribution in [-0.2, 0) is 14.3 Å². The van der Waals surface area contributed by atoms with Crippen LogP contribution < -0.4 is 10.6 Å². The number of benzene rings is 2. The average molecular weight is 477 g/mol. The number of aliphatic carboxylic acids is 1. The Kier molecular flexibility index (Phi) is 6.75. The lowest BCUT2D eigenvalue weighted by molar-refractivity contribution is -0.144. The van der Waals surface area contributed by atoms with E-state index in [1.165, 1.54) is 22.3 Å². The third-order valence-electron chi connectivity index (χ3n) is 7.88. The maximum atomic E-state index is 12.8. The van der Waals surface area contributed by atoms with Gasteiger partial charge in [0.25, 0.3) is 0 Å². The highest BCUT2D eigenvalue weighted by Gasteiger charge is 2.36. The van der Waals surface area contributed by atoms with Crippen LogP contribution in [0.25, 0.3) is 11.1 Å². The second-order valence-electron chi connectivity index (χ2n) is 10.0. The van der Waals surface area contributed by atoms with Crippen LogP contribution in [0, 0.1) is 11.8 Å². The number of nitrogens with one attached hydrogen (secondary N) is 2. The molecule has 2 aromatic rings. The van der Waals surface area contributed by atoms with Gasteiger partial charge in [-0.05, 0) is 54.4 Å². The minimum Gasteiger partial charge on any atom is -0.481 e. The minimum atomic E-state index is -0.837. The van der Waals surface area contributed by atoms with Gasteiger partial charge < -0.3 is 20.5 Å². The summed E-state index contributed by atoms with van der Waals surface area (Å²) in [5.74, 6) is -1.65. The molecule has 5 rings (SSSR count). The fourth-order valence-electron chi connectivity index (χ4n) is 6.06. The van der Waals surface area contributed by atoms with Crippen molar-refractivity contribution in [2.75, 3.05) is 6.61 Å². The molecule has 2 aromatic carbocycles. The zero-order valence-electron chi connectivity index (χ0n) is 19.7. The van der Waals surface area contributed by atoms with E-state index in [-0.39, 0.29) is 36.4 Å². The first-order valence-corrected chi connectivity index (χ1v) is 12.7. The first-order valence-electron chi connectivity index (χ1n) is 12.7. The Morgan fingerprint density at radius 1 is 0.857 bits per heavy atom. The van der Waals surface area contributed by atoms with E-state index < -0.39 is 18.0 Å². The van der Waals surface area contributed by atoms with Gasteiger partial charge in [0, 0.05) is 23.9 Å². The van der Waals surface area contributed by atoms with E-state index in [4.69, 9.17) is 4.74 Å². The van der Waals surface area contributed by atoms with Gasteiger partial charge in [-0.25, -0.2) is 4.79 Å². The summed E-state index contributed by atoms with van der Waals surface area (Å²) in [6.45, 7) is 0.259. The van der Waals surface area contributed by atoms with Gasteiger partial charge in [-0.2, -0.15) is 0 Å². The fourth-order valence-corrected chi connectivity index (χ4v) is 6.06. The molecule has 7 nitrogen and oxygen atoms in total. The molecule has 0 aromatic heterocycles. The van der Waals surface area contributed by atoms with Gasteiger partial charge in [-0.15, -0.1) is 0 Å². The van der Waals surface area contributed by atoms with Crippen LogP contribution in [0.5, 0.6) is 0 Å². The molecule has 3 aliphatic carbocycles. The molecule has 0 bridgehead atoms. The predicted molar refractivity (Wildman–Crippen MR) is 131 cm³/mol. The number of carbonyl (C=O) groups excluding carboxylic acids is 2. The molecule has 184 valence electrons. The lowest BCUT2D eigenvalue weighted by Gasteiger charge is -2.30. The number of rotatable bonds is 6. The van der Waals surface area contributed by atoms with Gasteiger partial charge in [0.05, 0.1) is 5.92 Å². The van der Waals surface area contributed by atoms with Gasteiger partial charge in [0.2, 0.25) is 5.91 Å². The van der Waals surface area contributed by atoms with Gasteiger partial charge in [0.1, 0.15) is 6.61 Å². The topological polar surface area (TPSA) is 105 Å². The predicted octanol–water partition coefficient (Wildman–Crippen LogP) is 4.45. The number of alkyl carbamates (subject to hydrolysis) is 1. The van der Waals surface area contributed by atoms with Gasteiger partial charge in [0.15, 0.2) is 0 Å². The summed E-state index contributed by atoms with van der Waals surface area (Å²) in [4.78, 5) is 36.9. The molecule has 4 atom stereocenters. The fraction of sp³-hybridized carbons (Fsp3) is 0.464. The highest BCUT2D eigenvalue weighted by Crippen LogP contribution is 2.44. The normalized spacial score (nSPS) is 25.4. The van der Waals surface area contributed by atoms with Crippen molar-refractivity contribution in [3.8, 4) is 11.1 Å². The van der Waals surface area contributed by atoms with E-state index in [9.17, 15) is 19.5 Å². The number of carboxylic acids is 1. The Labute approximate surface area is 205 Å². The van der Waals surface area contributed by atoms with Crippen molar-refractivity contribution in [2.45, 2.75) is 62.9 Å². The monoisotopic (exact) mass is 476 g/mol. The quantitative estimate of drug-likeness (QED) is 0.571. The number of carbonyl (C=O) groups is 3. The van der Waals surface area contributed by atoms with E-state index in [1.807, 2.05) is 24.3 Å². The highest BCUT2D eigenvalue weighted by atomic mass is 16.5. The van der Waals surface area contributed by atoms with Crippen LogP contribution >= 0.6 is 0 Å².